The molecule has 2 fully saturated rings. The molecular formula is C20H32N4O. The van der Waals surface area contributed by atoms with Gasteiger partial charge in [0, 0.05) is 36.9 Å². The molecule has 1 aliphatic carbocycles. The van der Waals surface area contributed by atoms with Gasteiger partial charge >= 0.3 is 0 Å². The van der Waals surface area contributed by atoms with E-state index in [-0.39, 0.29) is 11.8 Å². The smallest absolute Gasteiger partial charge is 0.223 e. The molecule has 2 aliphatic rings. The van der Waals surface area contributed by atoms with E-state index < -0.39 is 0 Å². The predicted octanol–water partition coefficient (Wildman–Crippen LogP) is 2.41. The van der Waals surface area contributed by atoms with Crippen LogP contribution in [-0.4, -0.2) is 42.0 Å². The van der Waals surface area contributed by atoms with Crippen molar-refractivity contribution in [1.82, 2.24) is 15.2 Å². The summed E-state index contributed by atoms with van der Waals surface area (Å²) in [6, 6.07) is 3.11. The van der Waals surface area contributed by atoms with Crippen molar-refractivity contribution in [2.24, 2.45) is 11.7 Å². The van der Waals surface area contributed by atoms with Gasteiger partial charge in [0.15, 0.2) is 0 Å². The molecule has 1 amide bonds. The lowest BCUT2D eigenvalue weighted by atomic mass is 9.86. The van der Waals surface area contributed by atoms with Gasteiger partial charge in [0.25, 0.3) is 0 Å². The van der Waals surface area contributed by atoms with Crippen molar-refractivity contribution in [1.29, 1.82) is 0 Å². The second-order valence-electron chi connectivity index (χ2n) is 7.77. The molecule has 2 heterocycles. The van der Waals surface area contributed by atoms with Gasteiger partial charge in [-0.25, -0.2) is 0 Å². The molecular weight excluding hydrogens is 312 g/mol. The van der Waals surface area contributed by atoms with Crippen LogP contribution in [0.4, 0.5) is 0 Å². The van der Waals surface area contributed by atoms with Crippen molar-refractivity contribution >= 4 is 5.91 Å². The lowest BCUT2D eigenvalue weighted by molar-refractivity contribution is -0.125. The van der Waals surface area contributed by atoms with Crippen LogP contribution in [0.15, 0.2) is 18.5 Å². The number of nitrogens with zero attached hydrogens (tertiary/aromatic N) is 2. The Morgan fingerprint density at radius 3 is 2.80 bits per heavy atom. The number of amides is 1. The lowest BCUT2D eigenvalue weighted by Gasteiger charge is -2.25. The second kappa shape index (κ2) is 8.77. The van der Waals surface area contributed by atoms with Crippen molar-refractivity contribution in [2.75, 3.05) is 20.1 Å². The number of hydrogen-bond donors (Lipinski definition) is 2. The number of rotatable bonds is 6. The Balaban J connectivity index is 1.41. The number of carbonyl (C=O) groups is 1. The summed E-state index contributed by atoms with van der Waals surface area (Å²) in [6.07, 6.45) is 12.2. The van der Waals surface area contributed by atoms with E-state index in [2.05, 4.69) is 28.3 Å². The van der Waals surface area contributed by atoms with Crippen LogP contribution >= 0.6 is 0 Å². The molecule has 5 heteroatoms. The van der Waals surface area contributed by atoms with E-state index in [0.717, 1.165) is 45.1 Å². The van der Waals surface area contributed by atoms with Gasteiger partial charge in [0.05, 0.1) is 0 Å². The first-order valence-corrected chi connectivity index (χ1v) is 9.81. The predicted molar refractivity (Wildman–Crippen MR) is 100 cm³/mol. The molecule has 3 N–H and O–H groups in total. The minimum absolute atomic E-state index is 0.169. The maximum atomic E-state index is 12.2. The number of carbonyl (C=O) groups excluding carboxylic acids is 1. The number of likely N-dealkylation sites (tertiary alicyclic amines) is 1. The Morgan fingerprint density at radius 1 is 1.28 bits per heavy atom. The number of aromatic nitrogens is 1. The van der Waals surface area contributed by atoms with Gasteiger partial charge in [-0.05, 0) is 76.1 Å². The molecule has 1 saturated heterocycles. The Morgan fingerprint density at radius 2 is 2.08 bits per heavy atom. The summed E-state index contributed by atoms with van der Waals surface area (Å²) in [5.41, 5.74) is 8.52. The fourth-order valence-corrected chi connectivity index (χ4v) is 4.19. The maximum absolute atomic E-state index is 12.2. The van der Waals surface area contributed by atoms with Crippen LogP contribution in [0, 0.1) is 5.92 Å². The molecule has 1 aromatic rings. The zero-order valence-corrected chi connectivity index (χ0v) is 15.4. The fraction of sp³-hybridized carbons (Fsp3) is 0.700. The van der Waals surface area contributed by atoms with Crippen LogP contribution in [0.25, 0.3) is 0 Å². The fourth-order valence-electron chi connectivity index (χ4n) is 4.19. The number of pyridine rings is 1. The van der Waals surface area contributed by atoms with Gasteiger partial charge < -0.3 is 11.1 Å². The van der Waals surface area contributed by atoms with Gasteiger partial charge in [-0.3, -0.25) is 14.7 Å². The van der Waals surface area contributed by atoms with Crippen LogP contribution in [0.3, 0.4) is 0 Å². The normalized spacial score (nSPS) is 27.4. The van der Waals surface area contributed by atoms with Crippen molar-refractivity contribution in [3.05, 3.63) is 29.6 Å². The molecule has 0 radical (unpaired) electrons. The number of nitrogens with two attached hydrogens (primary N) is 1. The topological polar surface area (TPSA) is 71.2 Å². The van der Waals surface area contributed by atoms with Crippen LogP contribution in [0.1, 0.15) is 62.1 Å². The quantitative estimate of drug-likeness (QED) is 0.778. The molecule has 0 bridgehead atoms. The first-order valence-electron chi connectivity index (χ1n) is 9.81. The van der Waals surface area contributed by atoms with Crippen molar-refractivity contribution in [3.63, 3.8) is 0 Å². The summed E-state index contributed by atoms with van der Waals surface area (Å²) in [5.74, 6) is 0.383. The highest BCUT2D eigenvalue weighted by Crippen LogP contribution is 2.30. The second-order valence-corrected chi connectivity index (χ2v) is 7.77. The number of aryl methyl sites for hydroxylation is 1. The van der Waals surface area contributed by atoms with Gasteiger partial charge in [-0.2, -0.15) is 0 Å². The van der Waals surface area contributed by atoms with Crippen LogP contribution < -0.4 is 11.1 Å². The summed E-state index contributed by atoms with van der Waals surface area (Å²) in [4.78, 5) is 19.1. The molecule has 1 saturated carbocycles. The molecule has 0 aromatic carbocycles. The van der Waals surface area contributed by atoms with E-state index in [9.17, 15) is 4.79 Å². The van der Waals surface area contributed by atoms with E-state index in [1.807, 2.05) is 12.4 Å². The van der Waals surface area contributed by atoms with Crippen LogP contribution in [0.2, 0.25) is 0 Å². The van der Waals surface area contributed by atoms with Gasteiger partial charge in [0.1, 0.15) is 0 Å². The van der Waals surface area contributed by atoms with E-state index in [1.54, 1.807) is 0 Å². The SMILES string of the molecule is CN1CCC[C@H]1c1cncc(CCCNC(=O)C2CCC(N)CC2)c1. The van der Waals surface area contributed by atoms with Gasteiger partial charge in [0.2, 0.25) is 5.91 Å². The number of hydrogen-bond acceptors (Lipinski definition) is 4. The zero-order valence-electron chi connectivity index (χ0n) is 15.4. The standard InChI is InChI=1S/C20H32N4O/c1-24-11-3-5-19(24)17-12-15(13-22-14-17)4-2-10-23-20(25)16-6-8-18(21)9-7-16/h12-14,16,18-19H,2-11,21H2,1H3,(H,23,25)/t16?,18?,19-/m0/s1. The average molecular weight is 345 g/mol. The molecule has 1 atom stereocenters. The highest BCUT2D eigenvalue weighted by molar-refractivity contribution is 5.78. The Bertz CT molecular complexity index is 569. The van der Waals surface area contributed by atoms with E-state index >= 15 is 0 Å². The number of nitrogens with one attached hydrogen (secondary N) is 1. The molecule has 0 unspecified atom stereocenters. The van der Waals surface area contributed by atoms with Crippen molar-refractivity contribution < 1.29 is 4.79 Å². The summed E-state index contributed by atoms with van der Waals surface area (Å²) < 4.78 is 0. The van der Waals surface area contributed by atoms with Crippen LogP contribution in [0.5, 0.6) is 0 Å². The first kappa shape index (κ1) is 18.3. The Kier molecular flexibility index (Phi) is 6.43. The molecule has 3 rings (SSSR count). The first-order chi connectivity index (χ1) is 12.1. The third-order valence-corrected chi connectivity index (χ3v) is 5.81. The minimum Gasteiger partial charge on any atom is -0.356 e. The highest BCUT2D eigenvalue weighted by Gasteiger charge is 2.24. The lowest BCUT2D eigenvalue weighted by Crippen LogP contribution is -2.36. The average Bonchev–Trinajstić information content (AvgIpc) is 3.05. The minimum atomic E-state index is 0.169. The molecule has 1 aromatic heterocycles. The Hall–Kier alpha value is -1.46. The van der Waals surface area contributed by atoms with Crippen molar-refractivity contribution in [2.45, 2.75) is 63.5 Å². The summed E-state index contributed by atoms with van der Waals surface area (Å²) in [5, 5.41) is 3.11. The molecule has 25 heavy (non-hydrogen) atoms. The Labute approximate surface area is 151 Å². The monoisotopic (exact) mass is 344 g/mol. The molecule has 5 nitrogen and oxygen atoms in total. The zero-order chi connectivity index (χ0) is 17.6. The largest absolute Gasteiger partial charge is 0.356 e. The molecule has 1 aliphatic heterocycles. The third kappa shape index (κ3) is 5.02. The van der Waals surface area contributed by atoms with Crippen LogP contribution in [-0.2, 0) is 11.2 Å². The third-order valence-electron chi connectivity index (χ3n) is 5.81. The maximum Gasteiger partial charge on any atom is 0.223 e. The van der Waals surface area contributed by atoms with Gasteiger partial charge in [-0.1, -0.05) is 6.07 Å². The van der Waals surface area contributed by atoms with E-state index in [4.69, 9.17) is 5.73 Å². The van der Waals surface area contributed by atoms with Gasteiger partial charge in [-0.15, -0.1) is 0 Å². The summed E-state index contributed by atoms with van der Waals surface area (Å²) in [6.45, 7) is 1.92. The summed E-state index contributed by atoms with van der Waals surface area (Å²) in [7, 11) is 2.19. The van der Waals surface area contributed by atoms with E-state index in [1.165, 1.54) is 30.5 Å². The van der Waals surface area contributed by atoms with Crippen molar-refractivity contribution in [3.8, 4) is 0 Å². The van der Waals surface area contributed by atoms with E-state index in [0.29, 0.717) is 12.1 Å². The summed E-state index contributed by atoms with van der Waals surface area (Å²) >= 11 is 0. The highest BCUT2D eigenvalue weighted by atomic mass is 16.1. The molecule has 0 spiro atoms. The molecule has 138 valence electrons.